The van der Waals surface area contributed by atoms with Gasteiger partial charge in [-0.05, 0) is 25.2 Å². The lowest BCUT2D eigenvalue weighted by Gasteiger charge is -2.33. The molecular formula is C22H28FN5O2S. The molecule has 2 aromatic rings. The Bertz CT molecular complexity index is 948. The van der Waals surface area contributed by atoms with Crippen LogP contribution in [0.3, 0.4) is 0 Å². The lowest BCUT2D eigenvalue weighted by molar-refractivity contribution is 0.122. The number of aromatic hydroxyl groups is 1. The maximum absolute atomic E-state index is 14.6. The second-order valence-electron chi connectivity index (χ2n) is 8.46. The zero-order valence-corrected chi connectivity index (χ0v) is 18.6. The highest BCUT2D eigenvalue weighted by atomic mass is 32.2. The quantitative estimate of drug-likeness (QED) is 0.768. The van der Waals surface area contributed by atoms with Gasteiger partial charge in [-0.1, -0.05) is 0 Å². The Morgan fingerprint density at radius 2 is 1.90 bits per heavy atom. The molecule has 1 aromatic heterocycles. The van der Waals surface area contributed by atoms with E-state index in [2.05, 4.69) is 21.7 Å². The summed E-state index contributed by atoms with van der Waals surface area (Å²) in [5.74, 6) is 0.799. The van der Waals surface area contributed by atoms with Crippen molar-refractivity contribution in [3.63, 3.8) is 0 Å². The Morgan fingerprint density at radius 1 is 1.13 bits per heavy atom. The monoisotopic (exact) mass is 445 g/mol. The molecule has 7 nitrogen and oxygen atoms in total. The minimum absolute atomic E-state index is 0.00994. The van der Waals surface area contributed by atoms with Crippen LogP contribution in [0.5, 0.6) is 5.75 Å². The fourth-order valence-electron chi connectivity index (χ4n) is 4.38. The first-order valence-corrected chi connectivity index (χ1v) is 11.7. The number of halogens is 1. The molecule has 5 rings (SSSR count). The molecule has 0 saturated carbocycles. The normalized spacial score (nSPS) is 22.6. The molecule has 0 radical (unpaired) electrons. The van der Waals surface area contributed by atoms with Crippen LogP contribution >= 0.6 is 11.8 Å². The number of hydrogen-bond acceptors (Lipinski definition) is 8. The Morgan fingerprint density at radius 3 is 2.68 bits per heavy atom. The molecule has 4 heterocycles. The molecule has 1 aromatic carbocycles. The average molecular weight is 446 g/mol. The molecule has 0 amide bonds. The van der Waals surface area contributed by atoms with E-state index in [-0.39, 0.29) is 11.3 Å². The SMILES string of the molecule is CN1CCN(CC2Cc3nc(-c4cc(O)ccc4F)nc(N4CCOCC4)c3S2)CC1. The summed E-state index contributed by atoms with van der Waals surface area (Å²) in [7, 11) is 2.17. The molecule has 2 fully saturated rings. The van der Waals surface area contributed by atoms with E-state index in [1.165, 1.54) is 18.2 Å². The van der Waals surface area contributed by atoms with E-state index in [0.29, 0.717) is 24.3 Å². The maximum Gasteiger partial charge on any atom is 0.164 e. The topological polar surface area (TPSA) is 65.0 Å². The van der Waals surface area contributed by atoms with Gasteiger partial charge in [0.25, 0.3) is 0 Å². The third-order valence-corrected chi connectivity index (χ3v) is 7.49. The standard InChI is InChI=1S/C22H28FN5O2S/c1-26-4-6-27(7-5-26)14-16-13-19-20(31-16)22(28-8-10-30-11-9-28)25-21(24-19)17-12-15(29)2-3-18(17)23/h2-3,12,16,29H,4-11,13-14H2,1H3. The van der Waals surface area contributed by atoms with Crippen LogP contribution in [0.15, 0.2) is 23.1 Å². The van der Waals surface area contributed by atoms with Crippen molar-refractivity contribution >= 4 is 17.6 Å². The number of benzene rings is 1. The predicted molar refractivity (Wildman–Crippen MR) is 119 cm³/mol. The second-order valence-corrected chi connectivity index (χ2v) is 9.77. The number of nitrogens with zero attached hydrogens (tertiary/aromatic N) is 5. The van der Waals surface area contributed by atoms with E-state index < -0.39 is 5.82 Å². The first-order valence-electron chi connectivity index (χ1n) is 10.9. The fourth-order valence-corrected chi connectivity index (χ4v) is 5.79. The van der Waals surface area contributed by atoms with E-state index >= 15 is 0 Å². The third kappa shape index (κ3) is 4.50. The number of morpholine rings is 1. The number of hydrogen-bond donors (Lipinski definition) is 1. The first-order chi connectivity index (χ1) is 15.1. The number of likely N-dealkylation sites (N-methyl/N-ethyl adjacent to an activating group) is 1. The van der Waals surface area contributed by atoms with E-state index in [1.807, 2.05) is 11.8 Å². The number of anilines is 1. The van der Waals surface area contributed by atoms with Gasteiger partial charge in [0.2, 0.25) is 0 Å². The molecule has 31 heavy (non-hydrogen) atoms. The molecule has 0 bridgehead atoms. The van der Waals surface area contributed by atoms with Gasteiger partial charge in [0.05, 0.1) is 29.4 Å². The average Bonchev–Trinajstić information content (AvgIpc) is 3.19. The predicted octanol–water partition coefficient (Wildman–Crippen LogP) is 2.09. The number of rotatable bonds is 4. The number of aromatic nitrogens is 2. The molecule has 1 unspecified atom stereocenters. The van der Waals surface area contributed by atoms with Crippen molar-refractivity contribution in [2.75, 3.05) is 71.0 Å². The van der Waals surface area contributed by atoms with Crippen molar-refractivity contribution in [3.05, 3.63) is 29.7 Å². The van der Waals surface area contributed by atoms with Gasteiger partial charge in [-0.15, -0.1) is 11.8 Å². The van der Waals surface area contributed by atoms with Crippen molar-refractivity contribution in [2.24, 2.45) is 0 Å². The molecule has 1 atom stereocenters. The minimum atomic E-state index is -0.426. The fraction of sp³-hybridized carbons (Fsp3) is 0.545. The lowest BCUT2D eigenvalue weighted by Crippen LogP contribution is -2.46. The molecule has 1 N–H and O–H groups in total. The highest BCUT2D eigenvalue weighted by molar-refractivity contribution is 8.00. The lowest BCUT2D eigenvalue weighted by atomic mass is 10.1. The van der Waals surface area contributed by atoms with E-state index in [4.69, 9.17) is 14.7 Å². The second kappa shape index (κ2) is 8.90. The number of ether oxygens (including phenoxy) is 1. The summed E-state index contributed by atoms with van der Waals surface area (Å²) in [6.07, 6.45) is 0.847. The highest BCUT2D eigenvalue weighted by Crippen LogP contribution is 2.43. The molecule has 166 valence electrons. The van der Waals surface area contributed by atoms with Gasteiger partial charge in [-0.2, -0.15) is 0 Å². The molecule has 0 spiro atoms. The first kappa shape index (κ1) is 20.9. The van der Waals surface area contributed by atoms with Crippen LogP contribution in [-0.4, -0.2) is 96.2 Å². The summed E-state index contributed by atoms with van der Waals surface area (Å²) in [6, 6.07) is 4.02. The highest BCUT2D eigenvalue weighted by Gasteiger charge is 2.32. The summed E-state index contributed by atoms with van der Waals surface area (Å²) >= 11 is 1.86. The van der Waals surface area contributed by atoms with Crippen molar-refractivity contribution in [2.45, 2.75) is 16.6 Å². The summed E-state index contributed by atoms with van der Waals surface area (Å²) in [4.78, 5) is 17.8. The van der Waals surface area contributed by atoms with Crippen LogP contribution in [0.4, 0.5) is 10.2 Å². The van der Waals surface area contributed by atoms with E-state index in [1.54, 1.807) is 0 Å². The molecule has 3 aliphatic heterocycles. The number of phenols is 1. The largest absolute Gasteiger partial charge is 0.508 e. The van der Waals surface area contributed by atoms with Crippen molar-refractivity contribution in [1.29, 1.82) is 0 Å². The van der Waals surface area contributed by atoms with Crippen LogP contribution in [0, 0.1) is 5.82 Å². The van der Waals surface area contributed by atoms with Crippen molar-refractivity contribution < 1.29 is 14.2 Å². The van der Waals surface area contributed by atoms with Crippen LogP contribution in [0.25, 0.3) is 11.4 Å². The van der Waals surface area contributed by atoms with E-state index in [9.17, 15) is 9.50 Å². The van der Waals surface area contributed by atoms with Crippen LogP contribution in [-0.2, 0) is 11.2 Å². The summed E-state index contributed by atoms with van der Waals surface area (Å²) < 4.78 is 20.1. The van der Waals surface area contributed by atoms with Crippen LogP contribution in [0.1, 0.15) is 5.69 Å². The molecule has 0 aliphatic carbocycles. The van der Waals surface area contributed by atoms with Crippen LogP contribution < -0.4 is 4.90 Å². The van der Waals surface area contributed by atoms with Gasteiger partial charge in [-0.25, -0.2) is 14.4 Å². The molecule has 3 aliphatic rings. The Kier molecular flexibility index (Phi) is 6.01. The van der Waals surface area contributed by atoms with Crippen molar-refractivity contribution in [3.8, 4) is 17.1 Å². The van der Waals surface area contributed by atoms with Gasteiger partial charge < -0.3 is 19.6 Å². The smallest absolute Gasteiger partial charge is 0.164 e. The zero-order chi connectivity index (χ0) is 21.4. The number of fused-ring (bicyclic) bond motifs is 1. The third-order valence-electron chi connectivity index (χ3n) is 6.18. The van der Waals surface area contributed by atoms with Gasteiger partial charge >= 0.3 is 0 Å². The van der Waals surface area contributed by atoms with Gasteiger partial charge in [0.1, 0.15) is 17.4 Å². The van der Waals surface area contributed by atoms with E-state index in [0.717, 1.165) is 68.6 Å². The number of piperazine rings is 1. The molecular weight excluding hydrogens is 417 g/mol. The minimum Gasteiger partial charge on any atom is -0.508 e. The van der Waals surface area contributed by atoms with Gasteiger partial charge in [-0.3, -0.25) is 4.90 Å². The zero-order valence-electron chi connectivity index (χ0n) is 17.8. The summed E-state index contributed by atoms with van der Waals surface area (Å²) in [6.45, 7) is 8.23. The Hall–Kier alpha value is -1.94. The molecule has 9 heteroatoms. The van der Waals surface area contributed by atoms with Gasteiger partial charge in [0, 0.05) is 57.5 Å². The Labute approximate surface area is 186 Å². The Balaban J connectivity index is 1.45. The molecule has 2 saturated heterocycles. The number of thioether (sulfide) groups is 1. The summed E-state index contributed by atoms with van der Waals surface area (Å²) in [5, 5.41) is 10.3. The van der Waals surface area contributed by atoms with Crippen LogP contribution in [0.2, 0.25) is 0 Å². The van der Waals surface area contributed by atoms with Gasteiger partial charge in [0.15, 0.2) is 5.82 Å². The summed E-state index contributed by atoms with van der Waals surface area (Å²) in [5.41, 5.74) is 1.23. The van der Waals surface area contributed by atoms with Crippen molar-refractivity contribution in [1.82, 2.24) is 19.8 Å². The maximum atomic E-state index is 14.6. The number of phenolic OH excluding ortho intramolecular Hbond substituents is 1.